The molecule has 0 saturated carbocycles. The Hall–Kier alpha value is -3.46. The van der Waals surface area contributed by atoms with E-state index in [1.54, 1.807) is 11.3 Å². The van der Waals surface area contributed by atoms with Gasteiger partial charge in [0, 0.05) is 42.8 Å². The predicted octanol–water partition coefficient (Wildman–Crippen LogP) is 4.77. The number of aromatic nitrogens is 3. The monoisotopic (exact) mass is 478 g/mol. The largest absolute Gasteiger partial charge is 0.364 e. The van der Waals surface area contributed by atoms with Crippen molar-refractivity contribution < 1.29 is 9.18 Å². The number of carbonyl (C=O) groups excluding carboxylic acids is 1. The number of imidazole rings is 1. The number of halogens is 1. The maximum Gasteiger partial charge on any atom is 0.253 e. The molecule has 34 heavy (non-hydrogen) atoms. The standard InChI is InChI=1S/C25H27FN6OS/c1-25(2,3)28-21-20(17-7-5-4-6-8-17)27-23-32(21)29-24(34-23)31-15-13-30(14-16-31)22(33)18-9-11-19(26)12-10-18/h4-12,28H,13-16H2,1-3H3. The molecule has 2 aromatic carbocycles. The summed E-state index contributed by atoms with van der Waals surface area (Å²) in [4.78, 5) is 22.5. The minimum Gasteiger partial charge on any atom is -0.364 e. The normalized spacial score (nSPS) is 14.6. The van der Waals surface area contributed by atoms with Crippen LogP contribution in [0.1, 0.15) is 31.1 Å². The maximum absolute atomic E-state index is 13.2. The number of rotatable bonds is 4. The number of nitrogens with one attached hydrogen (secondary N) is 1. The highest BCUT2D eigenvalue weighted by Crippen LogP contribution is 2.35. The number of carbonyl (C=O) groups is 1. The smallest absolute Gasteiger partial charge is 0.253 e. The molecule has 0 atom stereocenters. The molecule has 0 radical (unpaired) electrons. The number of fused-ring (bicyclic) bond motifs is 1. The molecule has 2 aromatic heterocycles. The molecule has 1 amide bonds. The van der Waals surface area contributed by atoms with Crippen LogP contribution in [0, 0.1) is 5.82 Å². The average Bonchev–Trinajstić information content (AvgIpc) is 3.38. The van der Waals surface area contributed by atoms with Gasteiger partial charge in [0.2, 0.25) is 10.1 Å². The summed E-state index contributed by atoms with van der Waals surface area (Å²) in [6.07, 6.45) is 0. The highest BCUT2D eigenvalue weighted by atomic mass is 32.1. The van der Waals surface area contributed by atoms with Gasteiger partial charge in [0.1, 0.15) is 11.5 Å². The first-order valence-electron chi connectivity index (χ1n) is 11.3. The van der Waals surface area contributed by atoms with Gasteiger partial charge in [-0.1, -0.05) is 41.7 Å². The molecule has 1 saturated heterocycles. The molecular formula is C25H27FN6OS. The summed E-state index contributed by atoms with van der Waals surface area (Å²) in [5, 5.41) is 9.36. The van der Waals surface area contributed by atoms with Crippen molar-refractivity contribution in [2.24, 2.45) is 0 Å². The maximum atomic E-state index is 13.2. The summed E-state index contributed by atoms with van der Waals surface area (Å²) >= 11 is 1.55. The molecule has 4 aromatic rings. The zero-order valence-electron chi connectivity index (χ0n) is 19.5. The molecule has 9 heteroatoms. The van der Waals surface area contributed by atoms with Crippen molar-refractivity contribution >= 4 is 33.2 Å². The lowest BCUT2D eigenvalue weighted by Crippen LogP contribution is -2.48. The van der Waals surface area contributed by atoms with Crippen molar-refractivity contribution in [3.05, 3.63) is 66.0 Å². The van der Waals surface area contributed by atoms with Gasteiger partial charge in [-0.05, 0) is 45.0 Å². The fourth-order valence-corrected chi connectivity index (χ4v) is 4.96. The molecule has 7 nitrogen and oxygen atoms in total. The second-order valence-electron chi connectivity index (χ2n) is 9.42. The van der Waals surface area contributed by atoms with Crippen LogP contribution >= 0.6 is 11.3 Å². The van der Waals surface area contributed by atoms with Crippen LogP contribution in [0.5, 0.6) is 0 Å². The van der Waals surface area contributed by atoms with E-state index in [0.29, 0.717) is 31.7 Å². The van der Waals surface area contributed by atoms with Gasteiger partial charge in [-0.2, -0.15) is 4.52 Å². The molecule has 5 rings (SSSR count). The second-order valence-corrected chi connectivity index (χ2v) is 10.3. The summed E-state index contributed by atoms with van der Waals surface area (Å²) in [5.74, 6) is 0.463. The zero-order valence-corrected chi connectivity index (χ0v) is 20.3. The molecule has 0 aliphatic carbocycles. The van der Waals surface area contributed by atoms with Gasteiger partial charge in [0.05, 0.1) is 0 Å². The van der Waals surface area contributed by atoms with Crippen molar-refractivity contribution in [3.8, 4) is 11.3 Å². The van der Waals surface area contributed by atoms with E-state index < -0.39 is 0 Å². The number of anilines is 2. The molecule has 0 spiro atoms. The van der Waals surface area contributed by atoms with Crippen molar-refractivity contribution in [2.45, 2.75) is 26.3 Å². The van der Waals surface area contributed by atoms with E-state index in [-0.39, 0.29) is 17.3 Å². The highest BCUT2D eigenvalue weighted by molar-refractivity contribution is 7.20. The number of amides is 1. The van der Waals surface area contributed by atoms with Crippen molar-refractivity contribution in [1.29, 1.82) is 0 Å². The Morgan fingerprint density at radius 3 is 2.32 bits per heavy atom. The van der Waals surface area contributed by atoms with E-state index in [0.717, 1.165) is 27.2 Å². The Balaban J connectivity index is 1.37. The third-order valence-corrected chi connectivity index (χ3v) is 6.63. The van der Waals surface area contributed by atoms with Crippen LogP contribution in [0.2, 0.25) is 0 Å². The van der Waals surface area contributed by atoms with Gasteiger partial charge >= 0.3 is 0 Å². The fraction of sp³-hybridized carbons (Fsp3) is 0.320. The van der Waals surface area contributed by atoms with E-state index >= 15 is 0 Å². The Kier molecular flexibility index (Phi) is 5.73. The number of benzene rings is 2. The van der Waals surface area contributed by atoms with Crippen LogP contribution < -0.4 is 10.2 Å². The number of piperazine rings is 1. The van der Waals surface area contributed by atoms with Gasteiger partial charge in [-0.25, -0.2) is 9.37 Å². The lowest BCUT2D eigenvalue weighted by Gasteiger charge is -2.34. The first kappa shape index (κ1) is 22.3. The van der Waals surface area contributed by atoms with Gasteiger partial charge in [-0.3, -0.25) is 4.79 Å². The molecule has 0 unspecified atom stereocenters. The molecular weight excluding hydrogens is 451 g/mol. The Morgan fingerprint density at radius 1 is 1.00 bits per heavy atom. The van der Waals surface area contributed by atoms with E-state index in [2.05, 4.69) is 43.1 Å². The molecule has 3 heterocycles. The van der Waals surface area contributed by atoms with Crippen LogP contribution in [0.3, 0.4) is 0 Å². The Bertz CT molecular complexity index is 1300. The number of hydrogen-bond acceptors (Lipinski definition) is 6. The average molecular weight is 479 g/mol. The first-order chi connectivity index (χ1) is 16.3. The van der Waals surface area contributed by atoms with Crippen molar-refractivity contribution in [1.82, 2.24) is 19.5 Å². The van der Waals surface area contributed by atoms with E-state index in [1.807, 2.05) is 27.6 Å². The van der Waals surface area contributed by atoms with E-state index in [1.165, 1.54) is 24.3 Å². The van der Waals surface area contributed by atoms with Crippen molar-refractivity contribution in [3.63, 3.8) is 0 Å². The minimum absolute atomic E-state index is 0.0715. The molecule has 176 valence electrons. The quantitative estimate of drug-likeness (QED) is 0.458. The van der Waals surface area contributed by atoms with E-state index in [4.69, 9.17) is 10.1 Å². The van der Waals surface area contributed by atoms with Gasteiger partial charge < -0.3 is 15.1 Å². The molecule has 1 N–H and O–H groups in total. The summed E-state index contributed by atoms with van der Waals surface area (Å²) < 4.78 is 15.1. The molecule has 1 fully saturated rings. The van der Waals surface area contributed by atoms with Crippen molar-refractivity contribution in [2.75, 3.05) is 36.4 Å². The predicted molar refractivity (Wildman–Crippen MR) is 134 cm³/mol. The zero-order chi connectivity index (χ0) is 23.9. The SMILES string of the molecule is CC(C)(C)Nc1c(-c2ccccc2)nc2sc(N3CCN(C(=O)c4ccc(F)cc4)CC3)nn12. The summed E-state index contributed by atoms with van der Waals surface area (Å²) in [6.45, 7) is 8.87. The lowest BCUT2D eigenvalue weighted by atomic mass is 10.1. The minimum atomic E-state index is -0.342. The summed E-state index contributed by atoms with van der Waals surface area (Å²) in [7, 11) is 0. The first-order valence-corrected chi connectivity index (χ1v) is 12.1. The van der Waals surface area contributed by atoms with Crippen LogP contribution in [0.4, 0.5) is 15.3 Å². The van der Waals surface area contributed by atoms with Gasteiger partial charge in [0.25, 0.3) is 5.91 Å². The van der Waals surface area contributed by atoms with Gasteiger partial charge in [0.15, 0.2) is 5.82 Å². The molecule has 0 bridgehead atoms. The Labute approximate surface area is 201 Å². The van der Waals surface area contributed by atoms with Crippen LogP contribution in [0.25, 0.3) is 16.2 Å². The molecule has 1 aliphatic rings. The molecule has 1 aliphatic heterocycles. The number of nitrogens with zero attached hydrogens (tertiary/aromatic N) is 5. The summed E-state index contributed by atoms with van der Waals surface area (Å²) in [6, 6.07) is 15.8. The fourth-order valence-electron chi connectivity index (χ4n) is 4.01. The third-order valence-electron chi connectivity index (χ3n) is 5.66. The van der Waals surface area contributed by atoms with E-state index in [9.17, 15) is 9.18 Å². The lowest BCUT2D eigenvalue weighted by molar-refractivity contribution is 0.0746. The van der Waals surface area contributed by atoms with Crippen LogP contribution in [0.15, 0.2) is 54.6 Å². The third kappa shape index (κ3) is 4.48. The van der Waals surface area contributed by atoms with Gasteiger partial charge in [-0.15, -0.1) is 5.10 Å². The topological polar surface area (TPSA) is 65.8 Å². The van der Waals surface area contributed by atoms with Crippen LogP contribution in [-0.2, 0) is 0 Å². The highest BCUT2D eigenvalue weighted by Gasteiger charge is 2.27. The Morgan fingerprint density at radius 2 is 1.68 bits per heavy atom. The summed E-state index contributed by atoms with van der Waals surface area (Å²) in [5.41, 5.74) is 2.28. The second kappa shape index (κ2) is 8.72. The van der Waals surface area contributed by atoms with Crippen LogP contribution in [-0.4, -0.2) is 57.1 Å². The number of hydrogen-bond donors (Lipinski definition) is 1.